The van der Waals surface area contributed by atoms with Gasteiger partial charge in [-0.1, -0.05) is 38.6 Å². The lowest BCUT2D eigenvalue weighted by Crippen LogP contribution is -2.07. The number of para-hydroxylation sites is 1. The first-order valence-electron chi connectivity index (χ1n) is 5.78. The number of rotatable bonds is 4. The van der Waals surface area contributed by atoms with Gasteiger partial charge in [-0.25, -0.2) is 0 Å². The molecule has 2 nitrogen and oxygen atoms in total. The van der Waals surface area contributed by atoms with Crippen LogP contribution in [0.1, 0.15) is 20.8 Å². The molecule has 0 radical (unpaired) electrons. The lowest BCUT2D eigenvalue weighted by molar-refractivity contribution is 0.788. The van der Waals surface area contributed by atoms with Crippen molar-refractivity contribution in [3.63, 3.8) is 0 Å². The highest BCUT2D eigenvalue weighted by Crippen LogP contribution is 2.20. The molecule has 0 aliphatic rings. The van der Waals surface area contributed by atoms with Gasteiger partial charge in [0, 0.05) is 17.5 Å². The van der Waals surface area contributed by atoms with Crippen LogP contribution in [0.25, 0.3) is 0 Å². The molecular formula is C15H20N2. The summed E-state index contributed by atoms with van der Waals surface area (Å²) in [5.41, 5.74) is 9.45. The summed E-state index contributed by atoms with van der Waals surface area (Å²) >= 11 is 0. The van der Waals surface area contributed by atoms with Crippen LogP contribution in [-0.4, -0.2) is 5.71 Å². The number of nitrogens with two attached hydrogens (primary N) is 1. The molecule has 0 spiro atoms. The third-order valence-electron chi connectivity index (χ3n) is 2.65. The lowest BCUT2D eigenvalue weighted by atomic mass is 9.95. The molecule has 17 heavy (non-hydrogen) atoms. The molecule has 1 aromatic rings. The van der Waals surface area contributed by atoms with Crippen LogP contribution in [0, 0.1) is 5.92 Å². The average Bonchev–Trinajstić information content (AvgIpc) is 2.30. The van der Waals surface area contributed by atoms with Gasteiger partial charge in [0.25, 0.3) is 0 Å². The van der Waals surface area contributed by atoms with E-state index in [9.17, 15) is 0 Å². The smallest absolute Gasteiger partial charge is 0.0633 e. The highest BCUT2D eigenvalue weighted by Gasteiger charge is 2.09. The van der Waals surface area contributed by atoms with Crippen LogP contribution in [0.15, 0.2) is 59.2 Å². The Morgan fingerprint density at radius 3 is 2.35 bits per heavy atom. The van der Waals surface area contributed by atoms with E-state index in [4.69, 9.17) is 5.73 Å². The number of aliphatic imine (C=N–C) groups is 1. The maximum atomic E-state index is 5.66. The summed E-state index contributed by atoms with van der Waals surface area (Å²) in [6, 6.07) is 9.84. The van der Waals surface area contributed by atoms with E-state index >= 15 is 0 Å². The second kappa shape index (κ2) is 6.04. The Hall–Kier alpha value is -1.83. The monoisotopic (exact) mass is 228 g/mol. The van der Waals surface area contributed by atoms with Crippen molar-refractivity contribution in [3.05, 3.63) is 54.3 Å². The minimum atomic E-state index is 0.366. The highest BCUT2D eigenvalue weighted by atomic mass is 14.7. The average molecular weight is 228 g/mol. The van der Waals surface area contributed by atoms with Crippen molar-refractivity contribution in [1.82, 2.24) is 0 Å². The first-order valence-corrected chi connectivity index (χ1v) is 5.78. The van der Waals surface area contributed by atoms with E-state index in [0.29, 0.717) is 5.92 Å². The summed E-state index contributed by atoms with van der Waals surface area (Å²) in [5, 5.41) is 0. The second-order valence-electron chi connectivity index (χ2n) is 4.29. The third kappa shape index (κ3) is 3.59. The molecule has 0 saturated heterocycles. The minimum absolute atomic E-state index is 0.366. The van der Waals surface area contributed by atoms with E-state index in [1.165, 1.54) is 0 Å². The maximum Gasteiger partial charge on any atom is 0.0633 e. The predicted molar refractivity (Wildman–Crippen MR) is 75.5 cm³/mol. The normalized spacial score (nSPS) is 12.9. The molecule has 0 fully saturated rings. The number of allylic oxidation sites excluding steroid dienone is 2. The second-order valence-corrected chi connectivity index (χ2v) is 4.29. The summed E-state index contributed by atoms with van der Waals surface area (Å²) in [6.07, 6.45) is 1.59. The van der Waals surface area contributed by atoms with E-state index in [-0.39, 0.29) is 0 Å². The van der Waals surface area contributed by atoms with E-state index < -0.39 is 0 Å². The predicted octanol–water partition coefficient (Wildman–Crippen LogP) is 3.83. The van der Waals surface area contributed by atoms with Crippen LogP contribution in [0.4, 0.5) is 5.69 Å². The van der Waals surface area contributed by atoms with Gasteiger partial charge in [-0.15, -0.1) is 0 Å². The van der Waals surface area contributed by atoms with Gasteiger partial charge in [-0.3, -0.25) is 4.99 Å². The van der Waals surface area contributed by atoms with Crippen molar-refractivity contribution in [2.45, 2.75) is 20.8 Å². The molecule has 0 aliphatic heterocycles. The molecule has 90 valence electrons. The van der Waals surface area contributed by atoms with Gasteiger partial charge < -0.3 is 5.73 Å². The maximum absolute atomic E-state index is 5.66. The standard InChI is InChI=1S/C15H20N2/c1-11(2)12(3)15(10-16)13(4)17-14-8-6-5-7-9-14/h5-11H,3,16H2,1-2,4H3. The van der Waals surface area contributed by atoms with Crippen LogP contribution in [0.3, 0.4) is 0 Å². The molecule has 1 aromatic carbocycles. The Morgan fingerprint density at radius 1 is 1.29 bits per heavy atom. The summed E-state index contributed by atoms with van der Waals surface area (Å²) in [4.78, 5) is 4.54. The largest absolute Gasteiger partial charge is 0.404 e. The Morgan fingerprint density at radius 2 is 1.88 bits per heavy atom. The van der Waals surface area contributed by atoms with Crippen LogP contribution in [0.2, 0.25) is 0 Å². The summed E-state index contributed by atoms with van der Waals surface area (Å²) in [6.45, 7) is 10.2. The number of benzene rings is 1. The zero-order valence-corrected chi connectivity index (χ0v) is 10.8. The zero-order chi connectivity index (χ0) is 12.8. The van der Waals surface area contributed by atoms with E-state index in [1.54, 1.807) is 6.20 Å². The van der Waals surface area contributed by atoms with E-state index in [0.717, 1.165) is 22.5 Å². The quantitative estimate of drug-likeness (QED) is 0.617. The number of nitrogens with zero attached hydrogens (tertiary/aromatic N) is 1. The molecule has 0 aliphatic carbocycles. The summed E-state index contributed by atoms with van der Waals surface area (Å²) < 4.78 is 0. The van der Waals surface area contributed by atoms with Crippen molar-refractivity contribution in [3.8, 4) is 0 Å². The van der Waals surface area contributed by atoms with Crippen molar-refractivity contribution < 1.29 is 0 Å². The van der Waals surface area contributed by atoms with E-state index in [2.05, 4.69) is 25.4 Å². The Balaban J connectivity index is 2.99. The highest BCUT2D eigenvalue weighted by molar-refractivity contribution is 6.03. The van der Waals surface area contributed by atoms with E-state index in [1.807, 2.05) is 37.3 Å². The molecule has 1 rings (SSSR count). The number of hydrogen-bond acceptors (Lipinski definition) is 2. The van der Waals surface area contributed by atoms with Crippen molar-refractivity contribution in [2.75, 3.05) is 0 Å². The molecule has 0 saturated carbocycles. The fraction of sp³-hybridized carbons (Fsp3) is 0.267. The van der Waals surface area contributed by atoms with Gasteiger partial charge in [-0.2, -0.15) is 0 Å². The minimum Gasteiger partial charge on any atom is -0.404 e. The van der Waals surface area contributed by atoms with Gasteiger partial charge in [0.2, 0.25) is 0 Å². The summed E-state index contributed by atoms with van der Waals surface area (Å²) in [7, 11) is 0. The van der Waals surface area contributed by atoms with Crippen LogP contribution in [-0.2, 0) is 0 Å². The molecule has 0 amide bonds. The fourth-order valence-electron chi connectivity index (χ4n) is 1.53. The molecule has 2 N–H and O–H groups in total. The molecular weight excluding hydrogens is 208 g/mol. The molecule has 0 atom stereocenters. The van der Waals surface area contributed by atoms with Gasteiger partial charge in [0.05, 0.1) is 5.69 Å². The topological polar surface area (TPSA) is 38.4 Å². The third-order valence-corrected chi connectivity index (χ3v) is 2.65. The van der Waals surface area contributed by atoms with Crippen molar-refractivity contribution >= 4 is 11.4 Å². The first-order chi connectivity index (χ1) is 8.06. The Kier molecular flexibility index (Phi) is 4.70. The lowest BCUT2D eigenvalue weighted by Gasteiger charge is -2.13. The van der Waals surface area contributed by atoms with Gasteiger partial charge in [-0.05, 0) is 30.5 Å². The SMILES string of the molecule is C=C(C(=CN)C(C)=Nc1ccccc1)C(C)C. The van der Waals surface area contributed by atoms with Gasteiger partial charge >= 0.3 is 0 Å². The summed E-state index contributed by atoms with van der Waals surface area (Å²) in [5.74, 6) is 0.366. The molecule has 0 unspecified atom stereocenters. The fourth-order valence-corrected chi connectivity index (χ4v) is 1.53. The van der Waals surface area contributed by atoms with Crippen LogP contribution < -0.4 is 5.73 Å². The Bertz CT molecular complexity index is 439. The molecule has 2 heteroatoms. The van der Waals surface area contributed by atoms with Crippen LogP contribution in [0.5, 0.6) is 0 Å². The first kappa shape index (κ1) is 13.2. The Labute approximate surface area is 104 Å². The van der Waals surface area contributed by atoms with Crippen molar-refractivity contribution in [1.29, 1.82) is 0 Å². The molecule has 0 bridgehead atoms. The number of hydrogen-bond donors (Lipinski definition) is 1. The molecule has 0 heterocycles. The van der Waals surface area contributed by atoms with Crippen LogP contribution >= 0.6 is 0 Å². The van der Waals surface area contributed by atoms with Crippen molar-refractivity contribution in [2.24, 2.45) is 16.6 Å². The van der Waals surface area contributed by atoms with Gasteiger partial charge in [0.15, 0.2) is 0 Å². The zero-order valence-electron chi connectivity index (χ0n) is 10.8. The van der Waals surface area contributed by atoms with Gasteiger partial charge in [0.1, 0.15) is 0 Å². The molecule has 0 aromatic heterocycles.